The third-order valence-corrected chi connectivity index (χ3v) is 2.84. The second-order valence-corrected chi connectivity index (χ2v) is 4.20. The molecule has 0 heterocycles. The first-order valence-electron chi connectivity index (χ1n) is 5.49. The van der Waals surface area contributed by atoms with Gasteiger partial charge in [-0.15, -0.1) is 0 Å². The van der Waals surface area contributed by atoms with Crippen LogP contribution < -0.4 is 0 Å². The van der Waals surface area contributed by atoms with E-state index in [-0.39, 0.29) is 0 Å². The van der Waals surface area contributed by atoms with E-state index in [1.807, 2.05) is 38.1 Å². The highest BCUT2D eigenvalue weighted by Crippen LogP contribution is 2.22. The average molecular weight is 226 g/mol. The van der Waals surface area contributed by atoms with E-state index in [0.717, 1.165) is 16.7 Å². The smallest absolute Gasteiger partial charge is 0.335 e. The van der Waals surface area contributed by atoms with Gasteiger partial charge in [0, 0.05) is 0 Å². The van der Waals surface area contributed by atoms with Crippen LogP contribution in [0.15, 0.2) is 42.5 Å². The van der Waals surface area contributed by atoms with E-state index in [1.165, 1.54) is 5.56 Å². The van der Waals surface area contributed by atoms with Crippen molar-refractivity contribution in [3.63, 3.8) is 0 Å². The van der Waals surface area contributed by atoms with Crippen molar-refractivity contribution in [3.05, 3.63) is 59.2 Å². The molecule has 2 aromatic carbocycles. The Balaban J connectivity index is 2.44. The Hall–Kier alpha value is -2.09. The van der Waals surface area contributed by atoms with Crippen LogP contribution in [0, 0.1) is 13.8 Å². The fourth-order valence-electron chi connectivity index (χ4n) is 1.83. The molecule has 0 spiro atoms. The molecule has 0 atom stereocenters. The monoisotopic (exact) mass is 226 g/mol. The highest BCUT2D eigenvalue weighted by atomic mass is 16.4. The van der Waals surface area contributed by atoms with Gasteiger partial charge < -0.3 is 5.11 Å². The fourth-order valence-corrected chi connectivity index (χ4v) is 1.83. The summed E-state index contributed by atoms with van der Waals surface area (Å²) in [5.74, 6) is -0.877. The van der Waals surface area contributed by atoms with E-state index in [0.29, 0.717) is 5.56 Å². The van der Waals surface area contributed by atoms with Crippen LogP contribution >= 0.6 is 0 Å². The zero-order valence-electron chi connectivity index (χ0n) is 9.90. The first-order chi connectivity index (χ1) is 8.08. The van der Waals surface area contributed by atoms with E-state index in [2.05, 4.69) is 12.1 Å². The van der Waals surface area contributed by atoms with E-state index < -0.39 is 5.97 Å². The topological polar surface area (TPSA) is 37.3 Å². The molecule has 2 nitrogen and oxygen atoms in total. The van der Waals surface area contributed by atoms with Crippen LogP contribution in [0.2, 0.25) is 0 Å². The average Bonchev–Trinajstić information content (AvgIpc) is 2.29. The third-order valence-electron chi connectivity index (χ3n) is 2.84. The van der Waals surface area contributed by atoms with Crippen molar-refractivity contribution >= 4 is 5.97 Å². The summed E-state index contributed by atoms with van der Waals surface area (Å²) in [4.78, 5) is 10.9. The van der Waals surface area contributed by atoms with Crippen LogP contribution in [0.1, 0.15) is 21.5 Å². The maximum absolute atomic E-state index is 10.9. The summed E-state index contributed by atoms with van der Waals surface area (Å²) in [6.45, 7) is 3.86. The lowest BCUT2D eigenvalue weighted by molar-refractivity contribution is 0.0696. The zero-order chi connectivity index (χ0) is 12.4. The minimum Gasteiger partial charge on any atom is -0.478 e. The number of aromatic carboxylic acids is 1. The van der Waals surface area contributed by atoms with Gasteiger partial charge in [0.25, 0.3) is 0 Å². The standard InChI is InChI=1S/C15H14O2/c1-10-3-5-12(6-4-10)13-7-8-14(15(16)17)11(2)9-13/h3-9H,1-2H3,(H,16,17). The molecule has 0 fully saturated rings. The molecule has 0 amide bonds. The lowest BCUT2D eigenvalue weighted by atomic mass is 9.99. The number of carboxylic acids is 1. The van der Waals surface area contributed by atoms with Gasteiger partial charge in [-0.1, -0.05) is 42.0 Å². The lowest BCUT2D eigenvalue weighted by Gasteiger charge is -2.06. The minimum absolute atomic E-state index is 0.362. The highest BCUT2D eigenvalue weighted by Gasteiger charge is 2.07. The molecule has 0 aromatic heterocycles. The predicted octanol–water partition coefficient (Wildman–Crippen LogP) is 3.67. The Morgan fingerprint density at radius 3 is 2.06 bits per heavy atom. The molecule has 0 aliphatic carbocycles. The van der Waals surface area contributed by atoms with Crippen molar-refractivity contribution in [1.82, 2.24) is 0 Å². The number of benzene rings is 2. The predicted molar refractivity (Wildman–Crippen MR) is 68.3 cm³/mol. The number of carboxylic acid groups (broad SMARTS) is 1. The van der Waals surface area contributed by atoms with Gasteiger partial charge in [0.2, 0.25) is 0 Å². The molecule has 2 aromatic rings. The Labute approximate surface area is 101 Å². The molecular formula is C15H14O2. The maximum Gasteiger partial charge on any atom is 0.335 e. The van der Waals surface area contributed by atoms with Crippen molar-refractivity contribution in [3.8, 4) is 11.1 Å². The molecule has 1 N–H and O–H groups in total. The number of aryl methyl sites for hydroxylation is 2. The maximum atomic E-state index is 10.9. The lowest BCUT2D eigenvalue weighted by Crippen LogP contribution is -1.99. The van der Waals surface area contributed by atoms with Gasteiger partial charge in [0.1, 0.15) is 0 Å². The Morgan fingerprint density at radius 2 is 1.53 bits per heavy atom. The van der Waals surface area contributed by atoms with Crippen LogP contribution in [0.3, 0.4) is 0 Å². The van der Waals surface area contributed by atoms with Crippen LogP contribution in [-0.2, 0) is 0 Å². The molecule has 0 saturated heterocycles. The number of rotatable bonds is 2. The molecule has 0 aliphatic heterocycles. The van der Waals surface area contributed by atoms with Gasteiger partial charge in [-0.25, -0.2) is 4.79 Å². The van der Waals surface area contributed by atoms with Gasteiger partial charge in [-0.2, -0.15) is 0 Å². The number of hydrogen-bond acceptors (Lipinski definition) is 1. The van der Waals surface area contributed by atoms with E-state index in [4.69, 9.17) is 5.11 Å². The molecule has 0 aliphatic rings. The second kappa shape index (κ2) is 4.42. The summed E-state index contributed by atoms with van der Waals surface area (Å²) < 4.78 is 0. The molecule has 2 heteroatoms. The fraction of sp³-hybridized carbons (Fsp3) is 0.133. The third kappa shape index (κ3) is 2.36. The molecule has 2 rings (SSSR count). The molecule has 86 valence electrons. The van der Waals surface area contributed by atoms with E-state index in [9.17, 15) is 4.79 Å². The van der Waals surface area contributed by atoms with Crippen molar-refractivity contribution in [2.45, 2.75) is 13.8 Å². The summed E-state index contributed by atoms with van der Waals surface area (Å²) in [5, 5.41) is 8.96. The van der Waals surface area contributed by atoms with Gasteiger partial charge in [0.15, 0.2) is 0 Å². The van der Waals surface area contributed by atoms with Gasteiger partial charge in [-0.05, 0) is 36.6 Å². The van der Waals surface area contributed by atoms with Crippen molar-refractivity contribution in [2.24, 2.45) is 0 Å². The van der Waals surface area contributed by atoms with E-state index >= 15 is 0 Å². The first-order valence-corrected chi connectivity index (χ1v) is 5.49. The van der Waals surface area contributed by atoms with Crippen LogP contribution in [0.25, 0.3) is 11.1 Å². The number of carbonyl (C=O) groups is 1. The van der Waals surface area contributed by atoms with Gasteiger partial charge in [0.05, 0.1) is 5.56 Å². The SMILES string of the molecule is Cc1ccc(-c2ccc(C(=O)O)c(C)c2)cc1. The molecule has 0 bridgehead atoms. The summed E-state index contributed by atoms with van der Waals surface area (Å²) in [5.41, 5.74) is 4.52. The van der Waals surface area contributed by atoms with Crippen molar-refractivity contribution < 1.29 is 9.90 Å². The zero-order valence-corrected chi connectivity index (χ0v) is 9.90. The molecule has 0 saturated carbocycles. The van der Waals surface area contributed by atoms with Gasteiger partial charge >= 0.3 is 5.97 Å². The minimum atomic E-state index is -0.877. The first kappa shape index (κ1) is 11.4. The quantitative estimate of drug-likeness (QED) is 0.848. The molecule has 17 heavy (non-hydrogen) atoms. The second-order valence-electron chi connectivity index (χ2n) is 4.20. The summed E-state index contributed by atoms with van der Waals surface area (Å²) in [7, 11) is 0. The molecule has 0 unspecified atom stereocenters. The highest BCUT2D eigenvalue weighted by molar-refractivity contribution is 5.90. The van der Waals surface area contributed by atoms with E-state index in [1.54, 1.807) is 6.07 Å². The normalized spacial score (nSPS) is 10.2. The Kier molecular flexibility index (Phi) is 2.96. The van der Waals surface area contributed by atoms with Crippen LogP contribution in [0.4, 0.5) is 0 Å². The van der Waals surface area contributed by atoms with Crippen LogP contribution in [-0.4, -0.2) is 11.1 Å². The summed E-state index contributed by atoms with van der Waals surface area (Å²) in [6.07, 6.45) is 0. The van der Waals surface area contributed by atoms with Crippen molar-refractivity contribution in [2.75, 3.05) is 0 Å². The van der Waals surface area contributed by atoms with Crippen LogP contribution in [0.5, 0.6) is 0 Å². The summed E-state index contributed by atoms with van der Waals surface area (Å²) in [6, 6.07) is 13.6. The molecule has 0 radical (unpaired) electrons. The van der Waals surface area contributed by atoms with Crippen molar-refractivity contribution in [1.29, 1.82) is 0 Å². The Bertz CT molecular complexity index is 554. The van der Waals surface area contributed by atoms with Gasteiger partial charge in [-0.3, -0.25) is 0 Å². The number of hydrogen-bond donors (Lipinski definition) is 1. The largest absolute Gasteiger partial charge is 0.478 e. The summed E-state index contributed by atoms with van der Waals surface area (Å²) >= 11 is 0. The Morgan fingerprint density at radius 1 is 0.941 bits per heavy atom. The molecular weight excluding hydrogens is 212 g/mol.